The number of likely N-dealkylation sites (N-methyl/N-ethyl adjacent to an activating group) is 1. The zero-order valence-electron chi connectivity index (χ0n) is 15.1. The molecule has 0 aliphatic rings. The number of nitrogens with zero attached hydrogens (tertiary/aromatic N) is 2. The van der Waals surface area contributed by atoms with Gasteiger partial charge in [0.15, 0.2) is 5.11 Å². The number of rotatable bonds is 8. The summed E-state index contributed by atoms with van der Waals surface area (Å²) in [5, 5.41) is 6.69. The number of benzene rings is 1. The molecule has 0 atom stereocenters. The molecule has 0 saturated carbocycles. The molecule has 0 amide bonds. The molecular weight excluding hydrogens is 344 g/mol. The maximum atomic E-state index is 12.6. The number of hydrogen-bond acceptors (Lipinski definition) is 4. The van der Waals surface area contributed by atoms with Crippen LogP contribution in [0.4, 0.5) is 5.69 Å². The third-order valence-electron chi connectivity index (χ3n) is 3.64. The van der Waals surface area contributed by atoms with Crippen LogP contribution in [0.1, 0.15) is 19.4 Å². The smallest absolute Gasteiger partial charge is 0.243 e. The van der Waals surface area contributed by atoms with E-state index in [-0.39, 0.29) is 4.90 Å². The largest absolute Gasteiger partial charge is 0.361 e. The summed E-state index contributed by atoms with van der Waals surface area (Å²) >= 11 is 5.28. The van der Waals surface area contributed by atoms with Crippen molar-refractivity contribution in [2.24, 2.45) is 0 Å². The number of thiocarbonyl (C=S) groups is 1. The average molecular weight is 373 g/mol. The maximum absolute atomic E-state index is 12.6. The van der Waals surface area contributed by atoms with Crippen molar-refractivity contribution >= 4 is 33.0 Å². The van der Waals surface area contributed by atoms with E-state index in [1.807, 2.05) is 34.9 Å². The van der Waals surface area contributed by atoms with Gasteiger partial charge >= 0.3 is 0 Å². The highest BCUT2D eigenvalue weighted by molar-refractivity contribution is 7.89. The van der Waals surface area contributed by atoms with Crippen LogP contribution >= 0.6 is 12.2 Å². The molecule has 0 radical (unpaired) electrons. The fourth-order valence-corrected chi connectivity index (χ4v) is 3.87. The van der Waals surface area contributed by atoms with Gasteiger partial charge in [-0.25, -0.2) is 8.42 Å². The van der Waals surface area contributed by atoms with E-state index in [0.717, 1.165) is 18.7 Å². The van der Waals surface area contributed by atoms with E-state index < -0.39 is 10.0 Å². The summed E-state index contributed by atoms with van der Waals surface area (Å²) in [6, 6.07) is 5.07. The summed E-state index contributed by atoms with van der Waals surface area (Å²) in [6.07, 6.45) is 0. The Kier molecular flexibility index (Phi) is 8.08. The molecule has 136 valence electrons. The minimum absolute atomic E-state index is 0.274. The SMILES string of the molecule is CCN(CC)S(=O)(=O)c1ccc(C)c(NC(=S)NCCN(C)C)c1. The van der Waals surface area contributed by atoms with Gasteiger partial charge in [-0.05, 0) is 50.9 Å². The van der Waals surface area contributed by atoms with Crippen molar-refractivity contribution in [2.75, 3.05) is 45.6 Å². The third kappa shape index (κ3) is 5.70. The normalized spacial score (nSPS) is 11.8. The van der Waals surface area contributed by atoms with Crippen molar-refractivity contribution < 1.29 is 8.42 Å². The third-order valence-corrected chi connectivity index (χ3v) is 5.94. The van der Waals surface area contributed by atoms with E-state index in [9.17, 15) is 8.42 Å². The molecule has 1 aromatic rings. The monoisotopic (exact) mass is 372 g/mol. The number of aryl methyl sites for hydroxylation is 1. The highest BCUT2D eigenvalue weighted by Crippen LogP contribution is 2.22. The van der Waals surface area contributed by atoms with Crippen LogP contribution in [-0.2, 0) is 10.0 Å². The first-order valence-electron chi connectivity index (χ1n) is 8.02. The lowest BCUT2D eigenvalue weighted by molar-refractivity contribution is 0.413. The van der Waals surface area contributed by atoms with E-state index in [0.29, 0.717) is 23.9 Å². The molecule has 0 unspecified atom stereocenters. The van der Waals surface area contributed by atoms with Crippen molar-refractivity contribution in [2.45, 2.75) is 25.7 Å². The zero-order chi connectivity index (χ0) is 18.3. The second-order valence-electron chi connectivity index (χ2n) is 5.75. The van der Waals surface area contributed by atoms with Crippen molar-refractivity contribution in [3.8, 4) is 0 Å². The van der Waals surface area contributed by atoms with Gasteiger partial charge in [-0.15, -0.1) is 0 Å². The number of anilines is 1. The van der Waals surface area contributed by atoms with Crippen LogP contribution < -0.4 is 10.6 Å². The standard InChI is InChI=1S/C16H28N4O2S2/c1-6-20(7-2)24(21,22)14-9-8-13(3)15(12-14)18-16(23)17-10-11-19(4)5/h8-9,12H,6-7,10-11H2,1-5H3,(H2,17,18,23). The highest BCUT2D eigenvalue weighted by Gasteiger charge is 2.22. The average Bonchev–Trinajstić information content (AvgIpc) is 2.49. The lowest BCUT2D eigenvalue weighted by Gasteiger charge is -2.20. The summed E-state index contributed by atoms with van der Waals surface area (Å²) < 4.78 is 26.7. The molecule has 6 nitrogen and oxygen atoms in total. The minimum Gasteiger partial charge on any atom is -0.361 e. The Labute approximate surface area is 151 Å². The molecule has 0 spiro atoms. The first kappa shape index (κ1) is 20.8. The fourth-order valence-electron chi connectivity index (χ4n) is 2.17. The van der Waals surface area contributed by atoms with E-state index >= 15 is 0 Å². The lowest BCUT2D eigenvalue weighted by Crippen LogP contribution is -2.34. The fraction of sp³-hybridized carbons (Fsp3) is 0.562. The van der Waals surface area contributed by atoms with Gasteiger partial charge in [0.2, 0.25) is 10.0 Å². The molecule has 24 heavy (non-hydrogen) atoms. The number of hydrogen-bond donors (Lipinski definition) is 2. The van der Waals surface area contributed by atoms with Gasteiger partial charge in [0, 0.05) is 31.9 Å². The van der Waals surface area contributed by atoms with Crippen LogP contribution in [0.2, 0.25) is 0 Å². The number of sulfonamides is 1. The van der Waals surface area contributed by atoms with E-state index in [1.165, 1.54) is 4.31 Å². The van der Waals surface area contributed by atoms with Gasteiger partial charge in [-0.1, -0.05) is 19.9 Å². The molecule has 0 aromatic heterocycles. The van der Waals surface area contributed by atoms with Crippen molar-refractivity contribution in [1.82, 2.24) is 14.5 Å². The van der Waals surface area contributed by atoms with Crippen molar-refractivity contribution in [3.05, 3.63) is 23.8 Å². The van der Waals surface area contributed by atoms with Gasteiger partial charge < -0.3 is 15.5 Å². The van der Waals surface area contributed by atoms with Crippen LogP contribution in [0, 0.1) is 6.92 Å². The summed E-state index contributed by atoms with van der Waals surface area (Å²) in [7, 11) is 0.498. The molecule has 0 fully saturated rings. The zero-order valence-corrected chi connectivity index (χ0v) is 16.7. The van der Waals surface area contributed by atoms with Crippen molar-refractivity contribution in [3.63, 3.8) is 0 Å². The summed E-state index contributed by atoms with van der Waals surface area (Å²) in [4.78, 5) is 2.33. The topological polar surface area (TPSA) is 64.7 Å². The van der Waals surface area contributed by atoms with Gasteiger partial charge in [0.25, 0.3) is 0 Å². The summed E-state index contributed by atoms with van der Waals surface area (Å²) in [6.45, 7) is 8.04. The van der Waals surface area contributed by atoms with Crippen LogP contribution in [0.3, 0.4) is 0 Å². The molecular formula is C16H28N4O2S2. The maximum Gasteiger partial charge on any atom is 0.243 e. The van der Waals surface area contributed by atoms with Gasteiger partial charge in [-0.3, -0.25) is 0 Å². The second kappa shape index (κ2) is 9.31. The van der Waals surface area contributed by atoms with Crippen molar-refractivity contribution in [1.29, 1.82) is 0 Å². The molecule has 0 heterocycles. The Hall–Kier alpha value is -1.22. The Morgan fingerprint density at radius 3 is 2.38 bits per heavy atom. The Bertz CT molecular complexity index is 656. The van der Waals surface area contributed by atoms with Crippen LogP contribution in [0.15, 0.2) is 23.1 Å². The lowest BCUT2D eigenvalue weighted by atomic mass is 10.2. The Balaban J connectivity index is 2.92. The Morgan fingerprint density at radius 1 is 1.21 bits per heavy atom. The van der Waals surface area contributed by atoms with Crippen LogP contribution in [0.25, 0.3) is 0 Å². The second-order valence-corrected chi connectivity index (χ2v) is 8.10. The minimum atomic E-state index is -3.48. The quantitative estimate of drug-likeness (QED) is 0.679. The molecule has 8 heteroatoms. The Morgan fingerprint density at radius 2 is 1.83 bits per heavy atom. The molecule has 0 aliphatic heterocycles. The van der Waals surface area contributed by atoms with E-state index in [4.69, 9.17) is 12.2 Å². The van der Waals surface area contributed by atoms with Crippen LogP contribution in [0.5, 0.6) is 0 Å². The van der Waals surface area contributed by atoms with Gasteiger partial charge in [0.05, 0.1) is 4.90 Å². The molecule has 1 rings (SSSR count). The van der Waals surface area contributed by atoms with Gasteiger partial charge in [-0.2, -0.15) is 4.31 Å². The van der Waals surface area contributed by atoms with E-state index in [2.05, 4.69) is 15.5 Å². The predicted octanol–water partition coefficient (Wildman–Crippen LogP) is 1.87. The molecule has 2 N–H and O–H groups in total. The molecule has 0 aliphatic carbocycles. The van der Waals surface area contributed by atoms with Gasteiger partial charge in [0.1, 0.15) is 0 Å². The summed E-state index contributed by atoms with van der Waals surface area (Å²) in [5.74, 6) is 0. The first-order chi connectivity index (χ1) is 11.2. The molecule has 1 aromatic carbocycles. The predicted molar refractivity (Wildman–Crippen MR) is 104 cm³/mol. The molecule has 0 bridgehead atoms. The van der Waals surface area contributed by atoms with Crippen LogP contribution in [-0.4, -0.2) is 63.0 Å². The van der Waals surface area contributed by atoms with E-state index in [1.54, 1.807) is 18.2 Å². The summed E-state index contributed by atoms with van der Waals surface area (Å²) in [5.41, 5.74) is 1.64. The number of nitrogens with one attached hydrogen (secondary N) is 2. The molecule has 0 saturated heterocycles. The first-order valence-corrected chi connectivity index (χ1v) is 9.87. The highest BCUT2D eigenvalue weighted by atomic mass is 32.2.